The second kappa shape index (κ2) is 6.57. The van der Waals surface area contributed by atoms with E-state index in [1.54, 1.807) is 31.3 Å². The summed E-state index contributed by atoms with van der Waals surface area (Å²) in [5, 5.41) is 14.8. The van der Waals surface area contributed by atoms with Crippen LogP contribution in [0.3, 0.4) is 0 Å². The van der Waals surface area contributed by atoms with E-state index in [1.165, 1.54) is 0 Å². The Bertz CT molecular complexity index is 779. The minimum absolute atomic E-state index is 0.0366. The van der Waals surface area contributed by atoms with Gasteiger partial charge in [0.05, 0.1) is 6.04 Å². The molecular formula is C18H18F2N2O2. The zero-order valence-corrected chi connectivity index (χ0v) is 13.2. The van der Waals surface area contributed by atoms with E-state index in [9.17, 15) is 13.6 Å². The average molecular weight is 332 g/mol. The van der Waals surface area contributed by atoms with Crippen LogP contribution in [0.5, 0.6) is 0 Å². The summed E-state index contributed by atoms with van der Waals surface area (Å²) in [6.07, 6.45) is 0.463. The van der Waals surface area contributed by atoms with Crippen LogP contribution in [-0.2, 0) is 4.79 Å². The molecule has 0 fully saturated rings. The number of hydrogen-bond acceptors (Lipinski definition) is 3. The molecule has 0 radical (unpaired) electrons. The number of carboxylic acid groups (broad SMARTS) is 1. The van der Waals surface area contributed by atoms with Gasteiger partial charge in [0, 0.05) is 35.8 Å². The molecule has 0 amide bonds. The minimum Gasteiger partial charge on any atom is -0.481 e. The maximum Gasteiger partial charge on any atom is 0.303 e. The molecule has 126 valence electrons. The molecule has 24 heavy (non-hydrogen) atoms. The number of anilines is 1. The summed E-state index contributed by atoms with van der Waals surface area (Å²) in [4.78, 5) is 10.6. The summed E-state index contributed by atoms with van der Waals surface area (Å²) in [6.45, 7) is 0.415. The normalized spacial score (nSPS) is 15.0. The topological polar surface area (TPSA) is 61.4 Å². The minimum atomic E-state index is -0.873. The third kappa shape index (κ3) is 2.63. The molecule has 0 saturated carbocycles. The van der Waals surface area contributed by atoms with Crippen molar-refractivity contribution < 1.29 is 18.7 Å². The molecule has 0 heterocycles. The van der Waals surface area contributed by atoms with Gasteiger partial charge >= 0.3 is 5.97 Å². The van der Waals surface area contributed by atoms with Gasteiger partial charge in [-0.3, -0.25) is 4.79 Å². The lowest BCUT2D eigenvalue weighted by atomic mass is 9.77. The maximum absolute atomic E-state index is 14.5. The Morgan fingerprint density at radius 2 is 1.88 bits per heavy atom. The number of carbonyl (C=O) groups is 1. The predicted molar refractivity (Wildman–Crippen MR) is 88.1 cm³/mol. The quantitative estimate of drug-likeness (QED) is 0.679. The standard InChI is InChI=1S/C18H18F2N2O2/c1-21-17-13-12(10-6-3-2-4-7-10)15(19)16(20)14(17)18(13)22-9-5-8-11(23)24/h2-4,6-7,18,21-22H,5,8-9H2,1H3,(H,23,24). The van der Waals surface area contributed by atoms with Gasteiger partial charge in [-0.25, -0.2) is 8.78 Å². The van der Waals surface area contributed by atoms with Gasteiger partial charge in [-0.15, -0.1) is 0 Å². The maximum atomic E-state index is 14.5. The predicted octanol–water partition coefficient (Wildman–Crippen LogP) is 3.53. The first-order chi connectivity index (χ1) is 11.6. The lowest BCUT2D eigenvalue weighted by Crippen LogP contribution is -2.34. The molecule has 0 aliphatic heterocycles. The van der Waals surface area contributed by atoms with Crippen LogP contribution < -0.4 is 10.6 Å². The number of benzene rings is 2. The summed E-state index contributed by atoms with van der Waals surface area (Å²) in [6, 6.07) is 8.44. The van der Waals surface area contributed by atoms with Crippen molar-refractivity contribution in [3.8, 4) is 11.1 Å². The summed E-state index contributed by atoms with van der Waals surface area (Å²) in [5.74, 6) is -2.57. The van der Waals surface area contributed by atoms with Crippen molar-refractivity contribution in [3.63, 3.8) is 0 Å². The van der Waals surface area contributed by atoms with E-state index in [-0.39, 0.29) is 17.5 Å². The van der Waals surface area contributed by atoms with Gasteiger partial charge in [-0.2, -0.15) is 0 Å². The van der Waals surface area contributed by atoms with Gasteiger partial charge in [0.1, 0.15) is 0 Å². The van der Waals surface area contributed by atoms with Gasteiger partial charge < -0.3 is 15.7 Å². The molecule has 2 aliphatic carbocycles. The molecule has 0 saturated heterocycles. The van der Waals surface area contributed by atoms with Crippen molar-refractivity contribution in [1.82, 2.24) is 5.32 Å². The average Bonchev–Trinajstić information content (AvgIpc) is 2.56. The van der Waals surface area contributed by atoms with Crippen LogP contribution in [-0.4, -0.2) is 24.7 Å². The van der Waals surface area contributed by atoms with Crippen LogP contribution in [0.1, 0.15) is 30.0 Å². The van der Waals surface area contributed by atoms with Crippen LogP contribution in [0, 0.1) is 11.6 Å². The van der Waals surface area contributed by atoms with Crippen molar-refractivity contribution in [2.45, 2.75) is 18.9 Å². The molecular weight excluding hydrogens is 314 g/mol. The molecule has 2 bridgehead atoms. The largest absolute Gasteiger partial charge is 0.481 e. The highest BCUT2D eigenvalue weighted by molar-refractivity contribution is 5.85. The molecule has 1 atom stereocenters. The van der Waals surface area contributed by atoms with Crippen LogP contribution in [0.15, 0.2) is 30.3 Å². The monoisotopic (exact) mass is 332 g/mol. The van der Waals surface area contributed by atoms with Crippen molar-refractivity contribution in [1.29, 1.82) is 0 Å². The number of rotatable bonds is 7. The third-order valence-electron chi connectivity index (χ3n) is 4.26. The van der Waals surface area contributed by atoms with E-state index < -0.39 is 23.6 Å². The van der Waals surface area contributed by atoms with Crippen molar-refractivity contribution in [2.24, 2.45) is 0 Å². The zero-order chi connectivity index (χ0) is 17.3. The fraction of sp³-hybridized carbons (Fsp3) is 0.278. The van der Waals surface area contributed by atoms with E-state index in [0.29, 0.717) is 29.8 Å². The molecule has 2 aromatic rings. The molecule has 0 aromatic heterocycles. The fourth-order valence-corrected chi connectivity index (χ4v) is 3.20. The Kier molecular flexibility index (Phi) is 4.49. The summed E-state index contributed by atoms with van der Waals surface area (Å²) < 4.78 is 29.0. The highest BCUT2D eigenvalue weighted by Crippen LogP contribution is 2.52. The van der Waals surface area contributed by atoms with Crippen molar-refractivity contribution in [2.75, 3.05) is 18.9 Å². The van der Waals surface area contributed by atoms with E-state index in [4.69, 9.17) is 5.11 Å². The van der Waals surface area contributed by atoms with Crippen LogP contribution in [0.2, 0.25) is 0 Å². The Labute approximate surface area is 138 Å². The Morgan fingerprint density at radius 1 is 1.17 bits per heavy atom. The molecule has 2 aromatic carbocycles. The number of carboxylic acids is 1. The number of fused-ring (bicyclic) bond motifs is 2. The van der Waals surface area contributed by atoms with Gasteiger partial charge in [-0.1, -0.05) is 30.3 Å². The van der Waals surface area contributed by atoms with Crippen molar-refractivity contribution >= 4 is 11.7 Å². The van der Waals surface area contributed by atoms with Gasteiger partial charge in [-0.05, 0) is 18.5 Å². The Morgan fingerprint density at radius 3 is 2.50 bits per heavy atom. The first-order valence-electron chi connectivity index (χ1n) is 7.79. The molecule has 2 aliphatic rings. The number of aliphatic carboxylic acids is 1. The Balaban J connectivity index is 1.94. The molecule has 4 rings (SSSR count). The number of hydrogen-bond donors (Lipinski definition) is 3. The molecule has 0 spiro atoms. The van der Waals surface area contributed by atoms with E-state index in [1.807, 2.05) is 6.07 Å². The SMILES string of the molecule is CNc1c2c(F)c(F)c(-c3ccccc3)c1C2NCCCC(=O)O. The third-order valence-corrected chi connectivity index (χ3v) is 4.26. The smallest absolute Gasteiger partial charge is 0.303 e. The first-order valence-corrected chi connectivity index (χ1v) is 7.79. The first kappa shape index (κ1) is 16.4. The summed E-state index contributed by atoms with van der Waals surface area (Å²) in [5.41, 5.74) is 2.43. The van der Waals surface area contributed by atoms with E-state index in [0.717, 1.165) is 0 Å². The molecule has 4 nitrogen and oxygen atoms in total. The molecule has 6 heteroatoms. The van der Waals surface area contributed by atoms with E-state index in [2.05, 4.69) is 10.6 Å². The second-order valence-electron chi connectivity index (χ2n) is 5.71. The summed E-state index contributed by atoms with van der Waals surface area (Å²) in [7, 11) is 1.68. The number of halogens is 2. The second-order valence-corrected chi connectivity index (χ2v) is 5.71. The Hall–Kier alpha value is -2.47. The lowest BCUT2D eigenvalue weighted by Gasteiger charge is -2.37. The lowest BCUT2D eigenvalue weighted by molar-refractivity contribution is -0.137. The van der Waals surface area contributed by atoms with Gasteiger partial charge in [0.2, 0.25) is 0 Å². The van der Waals surface area contributed by atoms with Crippen LogP contribution >= 0.6 is 0 Å². The van der Waals surface area contributed by atoms with Crippen molar-refractivity contribution in [3.05, 3.63) is 53.1 Å². The highest BCUT2D eigenvalue weighted by atomic mass is 19.2. The van der Waals surface area contributed by atoms with Gasteiger partial charge in [0.15, 0.2) is 11.6 Å². The van der Waals surface area contributed by atoms with Crippen LogP contribution in [0.25, 0.3) is 11.1 Å². The van der Waals surface area contributed by atoms with Gasteiger partial charge in [0.25, 0.3) is 0 Å². The summed E-state index contributed by atoms with van der Waals surface area (Å²) >= 11 is 0. The van der Waals surface area contributed by atoms with Crippen LogP contribution in [0.4, 0.5) is 14.5 Å². The fourth-order valence-electron chi connectivity index (χ4n) is 3.20. The van der Waals surface area contributed by atoms with E-state index >= 15 is 0 Å². The molecule has 3 N–H and O–H groups in total. The number of nitrogens with one attached hydrogen (secondary N) is 2. The molecule has 1 unspecified atom stereocenters. The highest BCUT2D eigenvalue weighted by Gasteiger charge is 2.40. The zero-order valence-electron chi connectivity index (χ0n) is 13.2.